The van der Waals surface area contributed by atoms with Gasteiger partial charge in [-0.15, -0.1) is 0 Å². The molecular weight excluding hydrogens is 318 g/mol. The Balaban J connectivity index is 1.59. The van der Waals surface area contributed by atoms with Crippen molar-refractivity contribution in [1.82, 2.24) is 14.9 Å². The zero-order chi connectivity index (χ0) is 17.8. The minimum Gasteiger partial charge on any atom is -0.493 e. The van der Waals surface area contributed by atoms with Gasteiger partial charge in [-0.2, -0.15) is 4.98 Å². The summed E-state index contributed by atoms with van der Waals surface area (Å²) in [5, 5.41) is 2.95. The molecule has 0 fully saturated rings. The van der Waals surface area contributed by atoms with E-state index in [0.717, 1.165) is 24.3 Å². The minimum atomic E-state index is -0.385. The van der Waals surface area contributed by atoms with Gasteiger partial charge in [0.15, 0.2) is 0 Å². The molecule has 1 amide bonds. The van der Waals surface area contributed by atoms with Crippen LogP contribution >= 0.6 is 0 Å². The number of amides is 1. The summed E-state index contributed by atoms with van der Waals surface area (Å²) in [4.78, 5) is 28.1. The largest absolute Gasteiger partial charge is 0.493 e. The van der Waals surface area contributed by atoms with Gasteiger partial charge in [0, 0.05) is 17.9 Å². The van der Waals surface area contributed by atoms with E-state index in [9.17, 15) is 9.59 Å². The first kappa shape index (κ1) is 17.2. The van der Waals surface area contributed by atoms with Crippen LogP contribution in [0.1, 0.15) is 23.4 Å². The van der Waals surface area contributed by atoms with Crippen LogP contribution in [0.3, 0.4) is 0 Å². The summed E-state index contributed by atoms with van der Waals surface area (Å²) >= 11 is 0. The minimum absolute atomic E-state index is 0.00223. The van der Waals surface area contributed by atoms with E-state index in [4.69, 9.17) is 4.74 Å². The van der Waals surface area contributed by atoms with E-state index >= 15 is 0 Å². The molecule has 6 heteroatoms. The number of carbonyl (C=O) groups is 1. The molecule has 1 aliphatic rings. The first-order valence-corrected chi connectivity index (χ1v) is 8.55. The van der Waals surface area contributed by atoms with Gasteiger partial charge in [0.05, 0.1) is 6.61 Å². The number of para-hydroxylation sites is 1. The maximum Gasteiger partial charge on any atom is 0.348 e. The number of hydrogen-bond donors (Lipinski definition) is 1. The topological polar surface area (TPSA) is 73.2 Å². The SMILES string of the molecule is Cc1cc(C)n(CC(=O)NCC2CCOc3ccccc3C2)c(=O)n1. The number of carbonyl (C=O) groups excluding carboxylic acids is 1. The van der Waals surface area contributed by atoms with E-state index in [1.54, 1.807) is 13.0 Å². The normalized spacial score (nSPS) is 16.5. The van der Waals surface area contributed by atoms with Crippen LogP contribution in [0.25, 0.3) is 0 Å². The molecule has 132 valence electrons. The lowest BCUT2D eigenvalue weighted by molar-refractivity contribution is -0.122. The molecule has 1 aromatic carbocycles. The summed E-state index contributed by atoms with van der Waals surface area (Å²) in [7, 11) is 0. The second-order valence-electron chi connectivity index (χ2n) is 6.53. The fraction of sp³-hybridized carbons (Fsp3) is 0.421. The highest BCUT2D eigenvalue weighted by molar-refractivity contribution is 5.75. The molecule has 6 nitrogen and oxygen atoms in total. The van der Waals surface area contributed by atoms with Crippen molar-refractivity contribution in [2.45, 2.75) is 33.2 Å². The van der Waals surface area contributed by atoms with Crippen LogP contribution < -0.4 is 15.7 Å². The van der Waals surface area contributed by atoms with Gasteiger partial charge < -0.3 is 10.1 Å². The Morgan fingerprint density at radius 3 is 2.96 bits per heavy atom. The van der Waals surface area contributed by atoms with Crippen molar-refractivity contribution in [2.24, 2.45) is 5.92 Å². The zero-order valence-corrected chi connectivity index (χ0v) is 14.6. The van der Waals surface area contributed by atoms with E-state index in [1.807, 2.05) is 25.1 Å². The third kappa shape index (κ3) is 4.26. The predicted molar refractivity (Wildman–Crippen MR) is 94.7 cm³/mol. The van der Waals surface area contributed by atoms with Crippen molar-refractivity contribution in [3.8, 4) is 5.75 Å². The summed E-state index contributed by atoms with van der Waals surface area (Å²) < 4.78 is 7.15. The van der Waals surface area contributed by atoms with Crippen LogP contribution in [0.5, 0.6) is 5.75 Å². The fourth-order valence-corrected chi connectivity index (χ4v) is 3.16. The number of aromatic nitrogens is 2. The van der Waals surface area contributed by atoms with Crippen LogP contribution in [-0.2, 0) is 17.8 Å². The highest BCUT2D eigenvalue weighted by Gasteiger charge is 2.18. The molecule has 1 atom stereocenters. The molecule has 2 heterocycles. The van der Waals surface area contributed by atoms with Crippen molar-refractivity contribution < 1.29 is 9.53 Å². The standard InChI is InChI=1S/C19H23N3O3/c1-13-9-14(2)22(19(24)21-13)12-18(23)20-11-15-7-8-25-17-6-4-3-5-16(17)10-15/h3-6,9,15H,7-8,10-12H2,1-2H3,(H,20,23). The number of fused-ring (bicyclic) bond motifs is 1. The number of hydrogen-bond acceptors (Lipinski definition) is 4. The number of nitrogens with one attached hydrogen (secondary N) is 1. The van der Waals surface area contributed by atoms with Crippen LogP contribution in [0.2, 0.25) is 0 Å². The lowest BCUT2D eigenvalue weighted by Crippen LogP contribution is -2.37. The lowest BCUT2D eigenvalue weighted by atomic mass is 9.97. The molecule has 1 aliphatic heterocycles. The summed E-state index contributed by atoms with van der Waals surface area (Å²) in [6, 6.07) is 9.82. The van der Waals surface area contributed by atoms with E-state index in [2.05, 4.69) is 16.4 Å². The van der Waals surface area contributed by atoms with Gasteiger partial charge in [0.2, 0.25) is 5.91 Å². The van der Waals surface area contributed by atoms with Crippen molar-refractivity contribution >= 4 is 5.91 Å². The number of benzene rings is 1. The Labute approximate surface area is 146 Å². The van der Waals surface area contributed by atoms with Gasteiger partial charge in [-0.25, -0.2) is 4.79 Å². The highest BCUT2D eigenvalue weighted by Crippen LogP contribution is 2.26. The molecule has 3 rings (SSSR count). The van der Waals surface area contributed by atoms with Crippen molar-refractivity contribution in [3.05, 3.63) is 57.8 Å². The molecule has 1 N–H and O–H groups in total. The predicted octanol–water partition coefficient (Wildman–Crippen LogP) is 1.62. The maximum absolute atomic E-state index is 12.2. The van der Waals surface area contributed by atoms with Crippen molar-refractivity contribution in [1.29, 1.82) is 0 Å². The van der Waals surface area contributed by atoms with Crippen LogP contribution in [-0.4, -0.2) is 28.6 Å². The fourth-order valence-electron chi connectivity index (χ4n) is 3.16. The molecule has 0 bridgehead atoms. The lowest BCUT2D eigenvalue weighted by Gasteiger charge is -2.15. The Morgan fingerprint density at radius 1 is 1.36 bits per heavy atom. The number of ether oxygens (including phenoxy) is 1. The maximum atomic E-state index is 12.2. The third-order valence-electron chi connectivity index (χ3n) is 4.50. The summed E-state index contributed by atoms with van der Waals surface area (Å²) in [6.45, 7) is 4.80. The van der Waals surface area contributed by atoms with Crippen LogP contribution in [0.15, 0.2) is 35.1 Å². The number of nitrogens with zero attached hydrogens (tertiary/aromatic N) is 2. The first-order valence-electron chi connectivity index (χ1n) is 8.55. The first-order chi connectivity index (χ1) is 12.0. The molecule has 1 aromatic heterocycles. The van der Waals surface area contributed by atoms with Gasteiger partial charge in [-0.3, -0.25) is 9.36 Å². The third-order valence-corrected chi connectivity index (χ3v) is 4.50. The average Bonchev–Trinajstić information content (AvgIpc) is 2.78. The summed E-state index contributed by atoms with van der Waals surface area (Å²) in [6.07, 6.45) is 1.77. The van der Waals surface area contributed by atoms with Crippen LogP contribution in [0.4, 0.5) is 0 Å². The Bertz CT molecular complexity index is 829. The van der Waals surface area contributed by atoms with Gasteiger partial charge in [0.1, 0.15) is 12.3 Å². The van der Waals surface area contributed by atoms with Gasteiger partial charge in [0.25, 0.3) is 0 Å². The Morgan fingerprint density at radius 2 is 2.16 bits per heavy atom. The molecule has 0 spiro atoms. The molecule has 2 aromatic rings. The van der Waals surface area contributed by atoms with Crippen molar-refractivity contribution in [3.63, 3.8) is 0 Å². The second-order valence-corrected chi connectivity index (χ2v) is 6.53. The zero-order valence-electron chi connectivity index (χ0n) is 14.6. The highest BCUT2D eigenvalue weighted by atomic mass is 16.5. The second kappa shape index (κ2) is 7.51. The summed E-state index contributed by atoms with van der Waals surface area (Å²) in [5.41, 5.74) is 2.19. The summed E-state index contributed by atoms with van der Waals surface area (Å²) in [5.74, 6) is 1.08. The molecule has 25 heavy (non-hydrogen) atoms. The monoisotopic (exact) mass is 341 g/mol. The Hall–Kier alpha value is -2.63. The van der Waals surface area contributed by atoms with Crippen LogP contribution in [0, 0.1) is 19.8 Å². The molecule has 0 radical (unpaired) electrons. The quantitative estimate of drug-likeness (QED) is 0.917. The molecule has 0 aliphatic carbocycles. The van der Waals surface area contributed by atoms with E-state index in [1.165, 1.54) is 10.1 Å². The van der Waals surface area contributed by atoms with Gasteiger partial charge in [-0.1, -0.05) is 18.2 Å². The van der Waals surface area contributed by atoms with Crippen molar-refractivity contribution in [2.75, 3.05) is 13.2 Å². The molecule has 0 saturated heterocycles. The van der Waals surface area contributed by atoms with E-state index < -0.39 is 0 Å². The smallest absolute Gasteiger partial charge is 0.348 e. The number of aryl methyl sites for hydroxylation is 2. The average molecular weight is 341 g/mol. The van der Waals surface area contributed by atoms with Gasteiger partial charge in [-0.05, 0) is 50.3 Å². The Kier molecular flexibility index (Phi) is 5.16. The van der Waals surface area contributed by atoms with Gasteiger partial charge >= 0.3 is 5.69 Å². The molecular formula is C19H23N3O3. The van der Waals surface area contributed by atoms with E-state index in [0.29, 0.717) is 24.8 Å². The van der Waals surface area contributed by atoms with E-state index in [-0.39, 0.29) is 18.1 Å². The number of rotatable bonds is 4. The molecule has 0 saturated carbocycles. The molecule has 1 unspecified atom stereocenters.